The zero-order valence-electron chi connectivity index (χ0n) is 6.82. The lowest BCUT2D eigenvalue weighted by molar-refractivity contribution is 0.450. The predicted molar refractivity (Wildman–Crippen MR) is 42.9 cm³/mol. The van der Waals surface area contributed by atoms with Crippen LogP contribution < -0.4 is 5.32 Å². The number of fused-ring (bicyclic) bond motifs is 1. The van der Waals surface area contributed by atoms with E-state index in [2.05, 4.69) is 12.2 Å². The number of hydrogen-bond donors (Lipinski definition) is 1. The van der Waals surface area contributed by atoms with Crippen molar-refractivity contribution in [2.75, 3.05) is 13.1 Å². The molecule has 1 saturated carbocycles. The van der Waals surface area contributed by atoms with E-state index in [-0.39, 0.29) is 0 Å². The summed E-state index contributed by atoms with van der Waals surface area (Å²) in [5.74, 6) is 1.07. The first kappa shape index (κ1) is 6.66. The molecule has 10 heavy (non-hydrogen) atoms. The molecule has 0 aromatic rings. The van der Waals surface area contributed by atoms with Crippen molar-refractivity contribution < 1.29 is 0 Å². The summed E-state index contributed by atoms with van der Waals surface area (Å²) in [7, 11) is 0. The molecule has 0 amide bonds. The van der Waals surface area contributed by atoms with Gasteiger partial charge in [0.15, 0.2) is 0 Å². The molecule has 1 nitrogen and oxygen atoms in total. The van der Waals surface area contributed by atoms with Crippen LogP contribution in [0.4, 0.5) is 0 Å². The number of unbranched alkanes of at least 4 members (excludes halogenated alkanes) is 1. The maximum absolute atomic E-state index is 3.47. The first-order valence-electron chi connectivity index (χ1n) is 4.58. The van der Waals surface area contributed by atoms with Crippen molar-refractivity contribution in [1.29, 1.82) is 0 Å². The molecule has 1 aliphatic heterocycles. The van der Waals surface area contributed by atoms with Crippen LogP contribution in [-0.2, 0) is 0 Å². The van der Waals surface area contributed by atoms with Gasteiger partial charge in [-0.1, -0.05) is 19.8 Å². The molecular formula is C9H17N. The standard InChI is InChI=1S/C9H17N/c1-2-3-4-9-5-8(9)6-10-7-9/h8,10H,2-7H2,1H3. The van der Waals surface area contributed by atoms with Gasteiger partial charge >= 0.3 is 0 Å². The van der Waals surface area contributed by atoms with E-state index in [1.165, 1.54) is 38.8 Å². The van der Waals surface area contributed by atoms with Crippen LogP contribution >= 0.6 is 0 Å². The maximum atomic E-state index is 3.47. The summed E-state index contributed by atoms with van der Waals surface area (Å²) < 4.78 is 0. The SMILES string of the molecule is CCCCC12CNCC1C2. The lowest BCUT2D eigenvalue weighted by Gasteiger charge is -2.09. The second-order valence-corrected chi connectivity index (χ2v) is 4.00. The van der Waals surface area contributed by atoms with E-state index in [4.69, 9.17) is 0 Å². The summed E-state index contributed by atoms with van der Waals surface area (Å²) in [5.41, 5.74) is 0.802. The quantitative estimate of drug-likeness (QED) is 0.628. The van der Waals surface area contributed by atoms with Gasteiger partial charge in [0, 0.05) is 6.54 Å². The summed E-state index contributed by atoms with van der Waals surface area (Å²) >= 11 is 0. The van der Waals surface area contributed by atoms with Crippen LogP contribution in [0.3, 0.4) is 0 Å². The van der Waals surface area contributed by atoms with Crippen molar-refractivity contribution in [2.45, 2.75) is 32.6 Å². The summed E-state index contributed by atoms with van der Waals surface area (Å²) in [6, 6.07) is 0. The normalized spacial score (nSPS) is 43.5. The molecule has 2 aliphatic rings. The molecule has 2 unspecified atom stereocenters. The summed E-state index contributed by atoms with van der Waals surface area (Å²) in [4.78, 5) is 0. The predicted octanol–water partition coefficient (Wildman–Crippen LogP) is 1.79. The molecule has 1 N–H and O–H groups in total. The van der Waals surface area contributed by atoms with E-state index < -0.39 is 0 Å². The van der Waals surface area contributed by atoms with E-state index >= 15 is 0 Å². The molecule has 1 heterocycles. The largest absolute Gasteiger partial charge is 0.316 e. The van der Waals surface area contributed by atoms with Crippen LogP contribution in [0, 0.1) is 11.3 Å². The smallest absolute Gasteiger partial charge is 0.00112 e. The van der Waals surface area contributed by atoms with Crippen molar-refractivity contribution in [3.63, 3.8) is 0 Å². The molecule has 2 atom stereocenters. The lowest BCUT2D eigenvalue weighted by Crippen LogP contribution is -2.15. The van der Waals surface area contributed by atoms with Gasteiger partial charge in [0.2, 0.25) is 0 Å². The van der Waals surface area contributed by atoms with Crippen molar-refractivity contribution in [3.05, 3.63) is 0 Å². The lowest BCUT2D eigenvalue weighted by atomic mass is 9.99. The van der Waals surface area contributed by atoms with Crippen molar-refractivity contribution >= 4 is 0 Å². The first-order valence-corrected chi connectivity index (χ1v) is 4.58. The van der Waals surface area contributed by atoms with Crippen LogP contribution in [0.1, 0.15) is 32.6 Å². The molecule has 58 valence electrons. The molecule has 0 aromatic carbocycles. The second kappa shape index (κ2) is 2.23. The molecule has 1 saturated heterocycles. The highest BCUT2D eigenvalue weighted by molar-refractivity contribution is 5.08. The Morgan fingerprint density at radius 3 is 3.00 bits per heavy atom. The Labute approximate surface area is 63.2 Å². The van der Waals surface area contributed by atoms with Gasteiger partial charge in [-0.05, 0) is 30.7 Å². The van der Waals surface area contributed by atoms with Gasteiger partial charge in [0.1, 0.15) is 0 Å². The Bertz CT molecular complexity index is 133. The molecule has 0 radical (unpaired) electrons. The molecule has 0 spiro atoms. The Hall–Kier alpha value is -0.0400. The summed E-state index contributed by atoms with van der Waals surface area (Å²) in [6.45, 7) is 4.91. The highest BCUT2D eigenvalue weighted by atomic mass is 15.0. The number of piperidine rings is 1. The third-order valence-corrected chi connectivity index (χ3v) is 3.25. The van der Waals surface area contributed by atoms with Crippen molar-refractivity contribution in [1.82, 2.24) is 5.32 Å². The topological polar surface area (TPSA) is 12.0 Å². The Morgan fingerprint density at radius 2 is 2.50 bits per heavy atom. The van der Waals surface area contributed by atoms with Gasteiger partial charge in [-0.3, -0.25) is 0 Å². The van der Waals surface area contributed by atoms with Crippen molar-refractivity contribution in [3.8, 4) is 0 Å². The maximum Gasteiger partial charge on any atom is 0.00112 e. The van der Waals surface area contributed by atoms with Crippen LogP contribution in [0.5, 0.6) is 0 Å². The van der Waals surface area contributed by atoms with Crippen LogP contribution in [0.2, 0.25) is 0 Å². The summed E-state index contributed by atoms with van der Waals surface area (Å²) in [6.07, 6.45) is 5.83. The molecule has 1 heteroatoms. The Balaban J connectivity index is 1.82. The Morgan fingerprint density at radius 1 is 1.60 bits per heavy atom. The van der Waals surface area contributed by atoms with Gasteiger partial charge in [-0.25, -0.2) is 0 Å². The van der Waals surface area contributed by atoms with E-state index in [9.17, 15) is 0 Å². The summed E-state index contributed by atoms with van der Waals surface area (Å²) in [5, 5.41) is 3.47. The minimum atomic E-state index is 0.802. The molecule has 1 aliphatic carbocycles. The number of rotatable bonds is 3. The Kier molecular flexibility index (Phi) is 1.48. The monoisotopic (exact) mass is 139 g/mol. The van der Waals surface area contributed by atoms with E-state index in [1.54, 1.807) is 0 Å². The average molecular weight is 139 g/mol. The second-order valence-electron chi connectivity index (χ2n) is 4.00. The van der Waals surface area contributed by atoms with Crippen LogP contribution in [-0.4, -0.2) is 13.1 Å². The first-order chi connectivity index (χ1) is 4.87. The fraction of sp³-hybridized carbons (Fsp3) is 1.00. The minimum absolute atomic E-state index is 0.802. The molecule has 0 aromatic heterocycles. The average Bonchev–Trinajstić information content (AvgIpc) is 2.51. The van der Waals surface area contributed by atoms with E-state index in [0.717, 1.165) is 11.3 Å². The highest BCUT2D eigenvalue weighted by Crippen LogP contribution is 2.57. The van der Waals surface area contributed by atoms with Crippen LogP contribution in [0.15, 0.2) is 0 Å². The van der Waals surface area contributed by atoms with Gasteiger partial charge in [-0.15, -0.1) is 0 Å². The van der Waals surface area contributed by atoms with Crippen molar-refractivity contribution in [2.24, 2.45) is 11.3 Å². The van der Waals surface area contributed by atoms with Crippen LogP contribution in [0.25, 0.3) is 0 Å². The fourth-order valence-corrected chi connectivity index (χ4v) is 2.36. The molecule has 2 fully saturated rings. The third-order valence-electron chi connectivity index (χ3n) is 3.25. The zero-order chi connectivity index (χ0) is 7.03. The third kappa shape index (κ3) is 0.878. The number of nitrogens with one attached hydrogen (secondary N) is 1. The number of hydrogen-bond acceptors (Lipinski definition) is 1. The van der Waals surface area contributed by atoms with Gasteiger partial charge in [0.05, 0.1) is 0 Å². The van der Waals surface area contributed by atoms with Gasteiger partial charge in [-0.2, -0.15) is 0 Å². The van der Waals surface area contributed by atoms with E-state index in [0.29, 0.717) is 0 Å². The highest BCUT2D eigenvalue weighted by Gasteiger charge is 2.55. The molecule has 0 bridgehead atoms. The molecule has 2 rings (SSSR count). The molecular weight excluding hydrogens is 122 g/mol. The van der Waals surface area contributed by atoms with Gasteiger partial charge in [0.25, 0.3) is 0 Å². The van der Waals surface area contributed by atoms with E-state index in [1.807, 2.05) is 0 Å². The zero-order valence-corrected chi connectivity index (χ0v) is 6.82. The minimum Gasteiger partial charge on any atom is -0.316 e. The van der Waals surface area contributed by atoms with Gasteiger partial charge < -0.3 is 5.32 Å². The fourth-order valence-electron chi connectivity index (χ4n) is 2.36.